The molecule has 1 atom stereocenters. The fourth-order valence-corrected chi connectivity index (χ4v) is 4.59. The van der Waals surface area contributed by atoms with Crippen LogP contribution in [0.3, 0.4) is 0 Å². The third-order valence-electron chi connectivity index (χ3n) is 2.33. The van der Waals surface area contributed by atoms with Crippen molar-refractivity contribution < 1.29 is 8.42 Å². The Bertz CT molecular complexity index is 276. The van der Waals surface area contributed by atoms with Gasteiger partial charge in [0.1, 0.15) is 0 Å². The maximum atomic E-state index is 11.7. The van der Waals surface area contributed by atoms with Gasteiger partial charge in [-0.2, -0.15) is 11.8 Å². The number of thioether (sulfide) groups is 1. The lowest BCUT2D eigenvalue weighted by Crippen LogP contribution is -2.39. The Kier molecular flexibility index (Phi) is 5.74. The zero-order valence-corrected chi connectivity index (χ0v) is 11.3. The number of nitrogens with one attached hydrogen (secondary N) is 1. The largest absolute Gasteiger partial charge is 0.212 e. The zero-order valence-electron chi connectivity index (χ0n) is 8.91. The molecule has 1 aliphatic heterocycles. The average Bonchev–Trinajstić information content (AvgIpc) is 2.17. The summed E-state index contributed by atoms with van der Waals surface area (Å²) in [5.74, 6) is 2.65. The summed E-state index contributed by atoms with van der Waals surface area (Å²) < 4.78 is 26.1. The molecule has 1 rings (SSSR count). The highest BCUT2D eigenvalue weighted by Gasteiger charge is 2.21. The minimum absolute atomic E-state index is 0.0159. The second-order valence-corrected chi connectivity index (χ2v) is 7.38. The molecule has 0 bridgehead atoms. The van der Waals surface area contributed by atoms with Crippen molar-refractivity contribution in [3.05, 3.63) is 0 Å². The van der Waals surface area contributed by atoms with Crippen molar-refractivity contribution in [2.45, 2.75) is 25.8 Å². The third kappa shape index (κ3) is 5.43. The van der Waals surface area contributed by atoms with Gasteiger partial charge in [0, 0.05) is 11.9 Å². The third-order valence-corrected chi connectivity index (χ3v) is 5.61. The molecule has 0 aromatic heterocycles. The van der Waals surface area contributed by atoms with Crippen molar-refractivity contribution in [2.24, 2.45) is 5.92 Å². The average molecular weight is 272 g/mol. The fraction of sp³-hybridized carbons (Fsp3) is 1.00. The van der Waals surface area contributed by atoms with E-state index in [0.29, 0.717) is 5.88 Å². The molecular formula is C9H18ClNO2S2. The topological polar surface area (TPSA) is 46.2 Å². The lowest BCUT2D eigenvalue weighted by molar-refractivity contribution is 0.522. The van der Waals surface area contributed by atoms with E-state index in [1.807, 2.05) is 18.7 Å². The first-order chi connectivity index (χ1) is 7.03. The van der Waals surface area contributed by atoms with E-state index in [0.717, 1.165) is 24.3 Å². The number of hydrogen-bond donors (Lipinski definition) is 1. The summed E-state index contributed by atoms with van der Waals surface area (Å²) >= 11 is 7.49. The molecule has 1 fully saturated rings. The van der Waals surface area contributed by atoms with Crippen LogP contribution in [-0.4, -0.2) is 37.6 Å². The Hall–Kier alpha value is 0.550. The highest BCUT2D eigenvalue weighted by Crippen LogP contribution is 2.17. The summed E-state index contributed by atoms with van der Waals surface area (Å²) in [7, 11) is -3.14. The predicted molar refractivity (Wildman–Crippen MR) is 67.2 cm³/mol. The van der Waals surface area contributed by atoms with Crippen molar-refractivity contribution in [1.29, 1.82) is 0 Å². The standard InChI is InChI=1S/C9H18ClNO2S2/c1-8(6-10)7-15(12,13)11-9-2-4-14-5-3-9/h8-9,11H,2-7H2,1H3. The molecule has 0 aromatic carbocycles. The normalized spacial score (nSPS) is 21.5. The first-order valence-corrected chi connectivity index (χ1v) is 8.51. The molecule has 0 saturated carbocycles. The molecule has 90 valence electrons. The second kappa shape index (κ2) is 6.33. The van der Waals surface area contributed by atoms with Gasteiger partial charge in [-0.1, -0.05) is 6.92 Å². The van der Waals surface area contributed by atoms with E-state index < -0.39 is 10.0 Å². The molecule has 0 aliphatic carbocycles. The van der Waals surface area contributed by atoms with Crippen molar-refractivity contribution in [3.63, 3.8) is 0 Å². The van der Waals surface area contributed by atoms with Crippen LogP contribution in [-0.2, 0) is 10.0 Å². The first-order valence-electron chi connectivity index (χ1n) is 5.17. The second-order valence-electron chi connectivity index (χ2n) is 4.05. The lowest BCUT2D eigenvalue weighted by atomic mass is 10.2. The molecule has 15 heavy (non-hydrogen) atoms. The van der Waals surface area contributed by atoms with Gasteiger partial charge in [0.2, 0.25) is 10.0 Å². The van der Waals surface area contributed by atoms with Gasteiger partial charge in [-0.25, -0.2) is 13.1 Å². The SMILES string of the molecule is CC(CCl)CS(=O)(=O)NC1CCSCC1. The molecule has 1 heterocycles. The monoisotopic (exact) mass is 271 g/mol. The fourth-order valence-electron chi connectivity index (χ4n) is 1.54. The van der Waals surface area contributed by atoms with E-state index in [9.17, 15) is 8.42 Å². The van der Waals surface area contributed by atoms with E-state index in [2.05, 4.69) is 4.72 Å². The minimum Gasteiger partial charge on any atom is -0.212 e. The van der Waals surface area contributed by atoms with Gasteiger partial charge >= 0.3 is 0 Å². The highest BCUT2D eigenvalue weighted by molar-refractivity contribution is 7.99. The van der Waals surface area contributed by atoms with Crippen LogP contribution in [0, 0.1) is 5.92 Å². The van der Waals surface area contributed by atoms with Gasteiger partial charge in [-0.3, -0.25) is 0 Å². The van der Waals surface area contributed by atoms with Crippen molar-refractivity contribution in [3.8, 4) is 0 Å². The number of hydrogen-bond acceptors (Lipinski definition) is 3. The zero-order chi connectivity index (χ0) is 11.3. The van der Waals surface area contributed by atoms with Crippen LogP contribution < -0.4 is 4.72 Å². The van der Waals surface area contributed by atoms with E-state index >= 15 is 0 Å². The van der Waals surface area contributed by atoms with Gasteiger partial charge in [0.15, 0.2) is 0 Å². The summed E-state index contributed by atoms with van der Waals surface area (Å²) in [6, 6.07) is 0.138. The molecule has 1 saturated heterocycles. The van der Waals surface area contributed by atoms with Crippen LogP contribution in [0.25, 0.3) is 0 Å². The summed E-state index contributed by atoms with van der Waals surface area (Å²) in [5, 5.41) is 0. The Morgan fingerprint density at radius 1 is 1.47 bits per heavy atom. The molecular weight excluding hydrogens is 254 g/mol. The number of rotatable bonds is 5. The van der Waals surface area contributed by atoms with E-state index in [-0.39, 0.29) is 17.7 Å². The predicted octanol–water partition coefficient (Wildman–Crippen LogP) is 1.68. The van der Waals surface area contributed by atoms with Crippen molar-refractivity contribution in [2.75, 3.05) is 23.1 Å². The van der Waals surface area contributed by atoms with Gasteiger partial charge < -0.3 is 0 Å². The van der Waals surface area contributed by atoms with Gasteiger partial charge in [-0.15, -0.1) is 11.6 Å². The Morgan fingerprint density at radius 3 is 2.60 bits per heavy atom. The van der Waals surface area contributed by atoms with Crippen LogP contribution in [0.5, 0.6) is 0 Å². The van der Waals surface area contributed by atoms with Gasteiger partial charge in [-0.05, 0) is 30.3 Å². The highest BCUT2D eigenvalue weighted by atomic mass is 35.5. The molecule has 1 unspecified atom stereocenters. The molecule has 0 radical (unpaired) electrons. The summed E-state index contributed by atoms with van der Waals surface area (Å²) in [6.07, 6.45) is 1.89. The maximum Gasteiger partial charge on any atom is 0.212 e. The smallest absolute Gasteiger partial charge is 0.212 e. The molecule has 0 amide bonds. The Labute approximate surface area is 101 Å². The van der Waals surface area contributed by atoms with E-state index in [4.69, 9.17) is 11.6 Å². The molecule has 6 heteroatoms. The summed E-state index contributed by atoms with van der Waals surface area (Å²) in [4.78, 5) is 0. The van der Waals surface area contributed by atoms with Crippen LogP contribution in [0.15, 0.2) is 0 Å². The molecule has 1 N–H and O–H groups in total. The Morgan fingerprint density at radius 2 is 2.07 bits per heavy atom. The van der Waals surface area contributed by atoms with Crippen molar-refractivity contribution in [1.82, 2.24) is 4.72 Å². The molecule has 0 spiro atoms. The van der Waals surface area contributed by atoms with Crippen molar-refractivity contribution >= 4 is 33.4 Å². The van der Waals surface area contributed by atoms with Crippen LogP contribution >= 0.6 is 23.4 Å². The quantitative estimate of drug-likeness (QED) is 0.774. The summed E-state index contributed by atoms with van der Waals surface area (Å²) in [6.45, 7) is 1.85. The number of halogens is 1. The lowest BCUT2D eigenvalue weighted by Gasteiger charge is -2.23. The van der Waals surface area contributed by atoms with E-state index in [1.54, 1.807) is 0 Å². The minimum atomic E-state index is -3.14. The van der Waals surface area contributed by atoms with Crippen LogP contribution in [0.2, 0.25) is 0 Å². The Balaban J connectivity index is 2.40. The number of alkyl halides is 1. The number of sulfonamides is 1. The first kappa shape index (κ1) is 13.6. The van der Waals surface area contributed by atoms with Crippen LogP contribution in [0.1, 0.15) is 19.8 Å². The summed E-state index contributed by atoms with van der Waals surface area (Å²) in [5.41, 5.74) is 0. The maximum absolute atomic E-state index is 11.7. The van der Waals surface area contributed by atoms with E-state index in [1.165, 1.54) is 0 Å². The van der Waals surface area contributed by atoms with Gasteiger partial charge in [0.05, 0.1) is 5.75 Å². The van der Waals surface area contributed by atoms with Crippen LogP contribution in [0.4, 0.5) is 0 Å². The molecule has 3 nitrogen and oxygen atoms in total. The van der Waals surface area contributed by atoms with Gasteiger partial charge in [0.25, 0.3) is 0 Å². The molecule has 1 aliphatic rings. The molecule has 0 aromatic rings.